The van der Waals surface area contributed by atoms with Crippen molar-refractivity contribution in [2.24, 2.45) is 5.73 Å². The Labute approximate surface area is 131 Å². The molecule has 0 aliphatic carbocycles. The zero-order chi connectivity index (χ0) is 15.4. The van der Waals surface area contributed by atoms with Crippen LogP contribution >= 0.6 is 15.9 Å². The van der Waals surface area contributed by atoms with Crippen molar-refractivity contribution in [1.29, 1.82) is 0 Å². The lowest BCUT2D eigenvalue weighted by atomic mass is 10.1. The predicted molar refractivity (Wildman–Crippen MR) is 86.0 cm³/mol. The van der Waals surface area contributed by atoms with Crippen molar-refractivity contribution < 1.29 is 9.18 Å². The molecule has 0 aliphatic heterocycles. The Kier molecular flexibility index (Phi) is 5.09. The summed E-state index contributed by atoms with van der Waals surface area (Å²) in [4.78, 5) is 12.2. The molecule has 0 saturated heterocycles. The summed E-state index contributed by atoms with van der Waals surface area (Å²) < 4.78 is 13.9. The molecule has 0 fully saturated rings. The lowest BCUT2D eigenvalue weighted by Gasteiger charge is -2.10. The van der Waals surface area contributed by atoms with Crippen LogP contribution in [0.4, 0.5) is 10.1 Å². The Hall–Kier alpha value is -1.72. The van der Waals surface area contributed by atoms with Gasteiger partial charge in [0.2, 0.25) is 0 Å². The van der Waals surface area contributed by atoms with Gasteiger partial charge in [-0.1, -0.05) is 12.1 Å². The first-order valence-corrected chi connectivity index (χ1v) is 7.36. The number of aryl methyl sites for hydroxylation is 1. The third-order valence-corrected chi connectivity index (χ3v) is 3.77. The number of rotatable bonds is 4. The fourth-order valence-corrected chi connectivity index (χ4v) is 2.42. The van der Waals surface area contributed by atoms with Crippen molar-refractivity contribution >= 4 is 27.5 Å². The summed E-state index contributed by atoms with van der Waals surface area (Å²) >= 11 is 3.12. The highest BCUT2D eigenvalue weighted by atomic mass is 79.9. The number of nitrogens with one attached hydrogen (secondary N) is 1. The molecule has 0 aromatic heterocycles. The van der Waals surface area contributed by atoms with Gasteiger partial charge in [0, 0.05) is 11.3 Å². The van der Waals surface area contributed by atoms with Crippen LogP contribution in [0, 0.1) is 12.7 Å². The molecule has 3 N–H and O–H groups in total. The maximum absolute atomic E-state index is 13.5. The first kappa shape index (κ1) is 15.7. The molecule has 3 nitrogen and oxygen atoms in total. The van der Waals surface area contributed by atoms with Crippen molar-refractivity contribution in [1.82, 2.24) is 0 Å². The Balaban J connectivity index is 2.16. The van der Waals surface area contributed by atoms with Gasteiger partial charge in [0.15, 0.2) is 0 Å². The second-order valence-electron chi connectivity index (χ2n) is 4.77. The van der Waals surface area contributed by atoms with Crippen molar-refractivity contribution in [3.8, 4) is 0 Å². The molecule has 0 heterocycles. The SMILES string of the molecule is Cc1cc(Br)c(F)cc1NC(=O)c1ccc(CCN)cc1. The van der Waals surface area contributed by atoms with Gasteiger partial charge in [0.25, 0.3) is 5.91 Å². The molecule has 0 aliphatic rings. The quantitative estimate of drug-likeness (QED) is 0.884. The molecule has 0 atom stereocenters. The minimum Gasteiger partial charge on any atom is -0.330 e. The number of carbonyl (C=O) groups excluding carboxylic acids is 1. The van der Waals surface area contributed by atoms with E-state index in [0.29, 0.717) is 22.3 Å². The van der Waals surface area contributed by atoms with E-state index in [1.165, 1.54) is 6.07 Å². The molecule has 0 saturated carbocycles. The van der Waals surface area contributed by atoms with Crippen molar-refractivity contribution in [2.75, 3.05) is 11.9 Å². The molecular weight excluding hydrogens is 335 g/mol. The average molecular weight is 351 g/mol. The van der Waals surface area contributed by atoms with Gasteiger partial charge in [0.1, 0.15) is 5.82 Å². The molecule has 5 heteroatoms. The topological polar surface area (TPSA) is 55.1 Å². The monoisotopic (exact) mass is 350 g/mol. The van der Waals surface area contributed by atoms with E-state index in [-0.39, 0.29) is 5.91 Å². The molecule has 2 rings (SSSR count). The van der Waals surface area contributed by atoms with E-state index in [4.69, 9.17) is 5.73 Å². The lowest BCUT2D eigenvalue weighted by molar-refractivity contribution is 0.102. The fraction of sp³-hybridized carbons (Fsp3) is 0.188. The number of carbonyl (C=O) groups is 1. The number of halogens is 2. The highest BCUT2D eigenvalue weighted by molar-refractivity contribution is 9.10. The Bertz CT molecular complexity index is 656. The van der Waals surface area contributed by atoms with Crippen molar-refractivity contribution in [2.45, 2.75) is 13.3 Å². The summed E-state index contributed by atoms with van der Waals surface area (Å²) in [7, 11) is 0. The molecule has 0 unspecified atom stereocenters. The van der Waals surface area contributed by atoms with E-state index in [9.17, 15) is 9.18 Å². The molecule has 21 heavy (non-hydrogen) atoms. The number of hydrogen-bond donors (Lipinski definition) is 2. The standard InChI is InChI=1S/C16H16BrFN2O/c1-10-8-13(17)14(18)9-15(10)20-16(21)12-4-2-11(3-5-12)6-7-19/h2-5,8-9H,6-7,19H2,1H3,(H,20,21). The second-order valence-corrected chi connectivity index (χ2v) is 5.63. The fourth-order valence-electron chi connectivity index (χ4n) is 1.96. The van der Waals surface area contributed by atoms with Crippen molar-refractivity contribution in [3.63, 3.8) is 0 Å². The van der Waals surface area contributed by atoms with Crippen LogP contribution in [-0.2, 0) is 6.42 Å². The Morgan fingerprint density at radius 1 is 1.29 bits per heavy atom. The van der Waals surface area contributed by atoms with Crippen LogP contribution in [0.25, 0.3) is 0 Å². The van der Waals surface area contributed by atoms with Gasteiger partial charge < -0.3 is 11.1 Å². The number of hydrogen-bond acceptors (Lipinski definition) is 2. The largest absolute Gasteiger partial charge is 0.330 e. The maximum Gasteiger partial charge on any atom is 0.255 e. The van der Waals surface area contributed by atoms with E-state index in [0.717, 1.165) is 17.5 Å². The zero-order valence-electron chi connectivity index (χ0n) is 11.6. The molecule has 110 valence electrons. The summed E-state index contributed by atoms with van der Waals surface area (Å²) in [5, 5.41) is 2.72. The van der Waals surface area contributed by atoms with Crippen LogP contribution < -0.4 is 11.1 Å². The number of benzene rings is 2. The molecule has 1 amide bonds. The first-order chi connectivity index (χ1) is 10.0. The number of anilines is 1. The summed E-state index contributed by atoms with van der Waals surface area (Å²) in [6.07, 6.45) is 0.777. The summed E-state index contributed by atoms with van der Waals surface area (Å²) in [5.74, 6) is -0.673. The van der Waals surface area contributed by atoms with E-state index in [1.54, 1.807) is 18.2 Å². The molecule has 0 spiro atoms. The maximum atomic E-state index is 13.5. The van der Waals surface area contributed by atoms with Gasteiger partial charge in [-0.15, -0.1) is 0 Å². The van der Waals surface area contributed by atoms with Crippen LogP contribution in [0.3, 0.4) is 0 Å². The first-order valence-electron chi connectivity index (χ1n) is 6.57. The Morgan fingerprint density at radius 2 is 1.95 bits per heavy atom. The van der Waals surface area contributed by atoms with Crippen LogP contribution in [0.2, 0.25) is 0 Å². The van der Waals surface area contributed by atoms with E-state index in [1.807, 2.05) is 19.1 Å². The average Bonchev–Trinajstić information content (AvgIpc) is 2.46. The molecular formula is C16H16BrFN2O. The zero-order valence-corrected chi connectivity index (χ0v) is 13.2. The minimum atomic E-state index is -0.408. The van der Waals surface area contributed by atoms with Gasteiger partial charge in [-0.05, 0) is 71.2 Å². The van der Waals surface area contributed by atoms with Crippen LogP contribution in [0.5, 0.6) is 0 Å². The third kappa shape index (κ3) is 3.89. The normalized spacial score (nSPS) is 10.5. The van der Waals surface area contributed by atoms with Crippen LogP contribution in [-0.4, -0.2) is 12.5 Å². The predicted octanol–water partition coefficient (Wildman–Crippen LogP) is 3.65. The Morgan fingerprint density at radius 3 is 2.57 bits per heavy atom. The van der Waals surface area contributed by atoms with Gasteiger partial charge in [0.05, 0.1) is 4.47 Å². The molecule has 0 radical (unpaired) electrons. The highest BCUT2D eigenvalue weighted by Crippen LogP contribution is 2.24. The highest BCUT2D eigenvalue weighted by Gasteiger charge is 2.10. The van der Waals surface area contributed by atoms with Crippen LogP contribution in [0.1, 0.15) is 21.5 Å². The number of amides is 1. The summed E-state index contributed by atoms with van der Waals surface area (Å²) in [6, 6.07) is 10.2. The third-order valence-electron chi connectivity index (χ3n) is 3.16. The van der Waals surface area contributed by atoms with E-state index >= 15 is 0 Å². The lowest BCUT2D eigenvalue weighted by Crippen LogP contribution is -2.13. The summed E-state index contributed by atoms with van der Waals surface area (Å²) in [5.41, 5.74) is 8.35. The second kappa shape index (κ2) is 6.83. The van der Waals surface area contributed by atoms with Gasteiger partial charge >= 0.3 is 0 Å². The van der Waals surface area contributed by atoms with Gasteiger partial charge in [-0.25, -0.2) is 4.39 Å². The van der Waals surface area contributed by atoms with Gasteiger partial charge in [-0.2, -0.15) is 0 Å². The summed E-state index contributed by atoms with van der Waals surface area (Å²) in [6.45, 7) is 2.38. The molecule has 0 bridgehead atoms. The van der Waals surface area contributed by atoms with E-state index in [2.05, 4.69) is 21.2 Å². The number of nitrogens with two attached hydrogens (primary N) is 1. The van der Waals surface area contributed by atoms with Crippen molar-refractivity contribution in [3.05, 3.63) is 63.4 Å². The minimum absolute atomic E-state index is 0.265. The van der Waals surface area contributed by atoms with Crippen LogP contribution in [0.15, 0.2) is 40.9 Å². The van der Waals surface area contributed by atoms with E-state index < -0.39 is 5.82 Å². The smallest absolute Gasteiger partial charge is 0.255 e. The molecule has 2 aromatic carbocycles. The molecule has 2 aromatic rings. The van der Waals surface area contributed by atoms with Gasteiger partial charge in [-0.3, -0.25) is 4.79 Å².